The van der Waals surface area contributed by atoms with Crippen LogP contribution in [0.3, 0.4) is 0 Å². The normalized spacial score (nSPS) is 14.6. The molecule has 0 bridgehead atoms. The number of hydrogen-bond donors (Lipinski definition) is 1. The number of fused-ring (bicyclic) bond motifs is 1. The van der Waals surface area contributed by atoms with E-state index in [1.165, 1.54) is 6.07 Å². The van der Waals surface area contributed by atoms with Gasteiger partial charge in [0.15, 0.2) is 0 Å². The molecule has 0 unspecified atom stereocenters. The average Bonchev–Trinajstić information content (AvgIpc) is 2.61. The highest BCUT2D eigenvalue weighted by Gasteiger charge is 2.32. The van der Waals surface area contributed by atoms with Crippen molar-refractivity contribution in [3.8, 4) is 0 Å². The van der Waals surface area contributed by atoms with Gasteiger partial charge >= 0.3 is 6.18 Å². The number of guanidine groups is 1. The minimum Gasteiger partial charge on any atom is -0.369 e. The van der Waals surface area contributed by atoms with Gasteiger partial charge in [-0.25, -0.2) is 4.99 Å². The minimum absolute atomic E-state index is 0. The van der Waals surface area contributed by atoms with Crippen molar-refractivity contribution in [2.75, 3.05) is 11.4 Å². The number of halogens is 5. The summed E-state index contributed by atoms with van der Waals surface area (Å²) in [5.41, 5.74) is 8.31. The van der Waals surface area contributed by atoms with Crippen molar-refractivity contribution >= 4 is 41.3 Å². The fraction of sp³-hybridized carbons (Fsp3) is 0.316. The summed E-state index contributed by atoms with van der Waals surface area (Å²) < 4.78 is 39.2. The van der Waals surface area contributed by atoms with E-state index in [4.69, 9.17) is 17.3 Å². The monoisotopic (exact) mass is 417 g/mol. The maximum Gasteiger partial charge on any atom is 0.416 e. The van der Waals surface area contributed by atoms with Gasteiger partial charge in [-0.1, -0.05) is 30.7 Å². The fourth-order valence-corrected chi connectivity index (χ4v) is 3.20. The molecule has 27 heavy (non-hydrogen) atoms. The second kappa shape index (κ2) is 8.40. The molecule has 1 aliphatic rings. The zero-order chi connectivity index (χ0) is 18.9. The van der Waals surface area contributed by atoms with Crippen LogP contribution in [0.25, 0.3) is 0 Å². The van der Waals surface area contributed by atoms with Crippen molar-refractivity contribution in [3.63, 3.8) is 0 Å². The molecule has 1 heterocycles. The topological polar surface area (TPSA) is 41.6 Å². The number of aliphatic imine (C=N–C) groups is 1. The zero-order valence-electron chi connectivity index (χ0n) is 14.7. The van der Waals surface area contributed by atoms with E-state index < -0.39 is 11.7 Å². The Bertz CT molecular complexity index is 851. The van der Waals surface area contributed by atoms with Crippen LogP contribution in [0.1, 0.15) is 30.0 Å². The first kappa shape index (κ1) is 21.4. The fourth-order valence-electron chi connectivity index (χ4n) is 3.04. The quantitative estimate of drug-likeness (QED) is 0.499. The van der Waals surface area contributed by atoms with Crippen LogP contribution in [0.4, 0.5) is 24.5 Å². The zero-order valence-corrected chi connectivity index (χ0v) is 16.3. The maximum atomic E-state index is 13.1. The number of anilines is 1. The van der Waals surface area contributed by atoms with E-state index >= 15 is 0 Å². The maximum absolute atomic E-state index is 13.1. The summed E-state index contributed by atoms with van der Waals surface area (Å²) >= 11 is 6.19. The van der Waals surface area contributed by atoms with Crippen LogP contribution >= 0.6 is 24.0 Å². The van der Waals surface area contributed by atoms with E-state index in [0.29, 0.717) is 29.4 Å². The Labute approximate surface area is 167 Å². The molecule has 3 rings (SSSR count). The van der Waals surface area contributed by atoms with Crippen molar-refractivity contribution in [3.05, 3.63) is 58.1 Å². The van der Waals surface area contributed by atoms with Gasteiger partial charge in [0.25, 0.3) is 0 Å². The molecule has 0 amide bonds. The first-order valence-electron chi connectivity index (χ1n) is 8.40. The number of aryl methyl sites for hydroxylation is 2. The van der Waals surface area contributed by atoms with E-state index in [0.717, 1.165) is 36.1 Å². The largest absolute Gasteiger partial charge is 0.416 e. The second-order valence-corrected chi connectivity index (χ2v) is 6.61. The molecule has 3 nitrogen and oxygen atoms in total. The molecule has 0 aromatic heterocycles. The van der Waals surface area contributed by atoms with Crippen molar-refractivity contribution in [2.45, 2.75) is 32.4 Å². The minimum atomic E-state index is -4.40. The van der Waals surface area contributed by atoms with E-state index in [1.807, 2.05) is 19.1 Å². The van der Waals surface area contributed by atoms with E-state index in [9.17, 15) is 13.2 Å². The van der Waals surface area contributed by atoms with E-state index in [1.54, 1.807) is 11.0 Å². The lowest BCUT2D eigenvalue weighted by atomic mass is 9.99. The Kier molecular flexibility index (Phi) is 6.65. The predicted molar refractivity (Wildman–Crippen MR) is 106 cm³/mol. The molecule has 2 N–H and O–H groups in total. The van der Waals surface area contributed by atoms with Crippen LogP contribution in [0.2, 0.25) is 5.02 Å². The van der Waals surface area contributed by atoms with Crippen LogP contribution in [0.15, 0.2) is 41.4 Å². The highest BCUT2D eigenvalue weighted by atomic mass is 35.5. The molecule has 0 aliphatic carbocycles. The molecule has 0 saturated carbocycles. The first-order chi connectivity index (χ1) is 12.3. The molecule has 0 atom stereocenters. The van der Waals surface area contributed by atoms with Gasteiger partial charge < -0.3 is 10.6 Å². The molecule has 8 heteroatoms. The third-order valence-corrected chi connectivity index (χ3v) is 4.78. The molecule has 0 fully saturated rings. The van der Waals surface area contributed by atoms with Crippen LogP contribution < -0.4 is 10.6 Å². The molecule has 1 aliphatic heterocycles. The van der Waals surface area contributed by atoms with Crippen molar-refractivity contribution in [1.82, 2.24) is 0 Å². The highest BCUT2D eigenvalue weighted by Crippen LogP contribution is 2.36. The van der Waals surface area contributed by atoms with Crippen molar-refractivity contribution in [2.24, 2.45) is 10.7 Å². The Hall–Kier alpha value is -1.92. The Morgan fingerprint density at radius 3 is 2.63 bits per heavy atom. The van der Waals surface area contributed by atoms with Crippen molar-refractivity contribution < 1.29 is 13.2 Å². The summed E-state index contributed by atoms with van der Waals surface area (Å²) in [4.78, 5) is 6.02. The number of hydrogen-bond acceptors (Lipinski definition) is 1. The SMILES string of the molecule is CCc1ccc(Cl)c(N=C(N)N2CCCc3ccc(C(F)(F)F)cc32)c1.Cl. The molecular weight excluding hydrogens is 398 g/mol. The number of nitrogens with two attached hydrogens (primary N) is 1. The lowest BCUT2D eigenvalue weighted by Gasteiger charge is -2.31. The summed E-state index contributed by atoms with van der Waals surface area (Å²) in [6.07, 6.45) is -2.08. The van der Waals surface area contributed by atoms with E-state index in [2.05, 4.69) is 4.99 Å². The lowest BCUT2D eigenvalue weighted by Crippen LogP contribution is -2.40. The average molecular weight is 418 g/mol. The summed E-state index contributed by atoms with van der Waals surface area (Å²) in [6, 6.07) is 9.26. The van der Waals surface area contributed by atoms with Crippen LogP contribution in [0.5, 0.6) is 0 Å². The third kappa shape index (κ3) is 4.68. The smallest absolute Gasteiger partial charge is 0.369 e. The van der Waals surface area contributed by atoms with Gasteiger partial charge in [-0.2, -0.15) is 13.2 Å². The molecule has 2 aromatic carbocycles. The van der Waals surface area contributed by atoms with Crippen molar-refractivity contribution in [1.29, 1.82) is 0 Å². The molecule has 0 radical (unpaired) electrons. The van der Waals surface area contributed by atoms with E-state index in [-0.39, 0.29) is 18.4 Å². The number of rotatable bonds is 2. The van der Waals surface area contributed by atoms with Crippen LogP contribution in [-0.2, 0) is 19.0 Å². The third-order valence-electron chi connectivity index (χ3n) is 4.46. The summed E-state index contributed by atoms with van der Waals surface area (Å²) in [7, 11) is 0. The highest BCUT2D eigenvalue weighted by molar-refractivity contribution is 6.33. The Morgan fingerprint density at radius 2 is 1.96 bits per heavy atom. The van der Waals surface area contributed by atoms with Gasteiger partial charge in [-0.3, -0.25) is 0 Å². The Balaban J connectivity index is 0.00000261. The molecule has 0 saturated heterocycles. The standard InChI is InChI=1S/C19H19ClF3N3.ClH/c1-2-12-5-8-15(20)16(10-12)25-18(24)26-9-3-4-13-6-7-14(11-17(13)26)19(21,22)23;/h5-8,10-11H,2-4,9H2,1H3,(H2,24,25);1H. The van der Waals surface area contributed by atoms with Gasteiger partial charge in [0, 0.05) is 12.2 Å². The first-order valence-corrected chi connectivity index (χ1v) is 8.77. The molecule has 0 spiro atoms. The molecular formula is C19H20Cl2F3N3. The molecule has 2 aromatic rings. The number of benzene rings is 2. The van der Waals surface area contributed by atoms with Gasteiger partial charge in [-0.15, -0.1) is 12.4 Å². The number of alkyl halides is 3. The number of nitrogens with zero attached hydrogens (tertiary/aromatic N) is 2. The van der Waals surface area contributed by atoms with Gasteiger partial charge in [0.05, 0.1) is 16.3 Å². The summed E-state index contributed by atoms with van der Waals surface area (Å²) in [6.45, 7) is 2.52. The van der Waals surface area contributed by atoms with Gasteiger partial charge in [-0.05, 0) is 54.7 Å². The predicted octanol–water partition coefficient (Wildman–Crippen LogP) is 5.74. The molecule has 146 valence electrons. The summed E-state index contributed by atoms with van der Waals surface area (Å²) in [5.74, 6) is 0.139. The van der Waals surface area contributed by atoms with Gasteiger partial charge in [0.2, 0.25) is 5.96 Å². The second-order valence-electron chi connectivity index (χ2n) is 6.21. The Morgan fingerprint density at radius 1 is 1.22 bits per heavy atom. The summed E-state index contributed by atoms with van der Waals surface area (Å²) in [5, 5.41) is 0.450. The lowest BCUT2D eigenvalue weighted by molar-refractivity contribution is -0.137. The van der Waals surface area contributed by atoms with Crippen LogP contribution in [0, 0.1) is 0 Å². The van der Waals surface area contributed by atoms with Gasteiger partial charge in [0.1, 0.15) is 0 Å². The van der Waals surface area contributed by atoms with Crippen LogP contribution in [-0.4, -0.2) is 12.5 Å².